The topological polar surface area (TPSA) is 38.9 Å². The lowest BCUT2D eigenvalue weighted by Gasteiger charge is -2.07. The van der Waals surface area contributed by atoms with Crippen LogP contribution < -0.4 is 5.73 Å². The molecule has 1 heterocycles. The predicted octanol–water partition coefficient (Wildman–Crippen LogP) is 4.17. The lowest BCUT2D eigenvalue weighted by molar-refractivity contribution is 1.01. The molecule has 0 amide bonds. The number of hydrogen-bond acceptors (Lipinski definition) is 3. The van der Waals surface area contributed by atoms with Crippen LogP contribution in [0.15, 0.2) is 53.9 Å². The molecule has 0 aliphatic heterocycles. The van der Waals surface area contributed by atoms with Crippen LogP contribution in [-0.2, 0) is 13.0 Å². The van der Waals surface area contributed by atoms with E-state index in [2.05, 4.69) is 42.6 Å². The van der Waals surface area contributed by atoms with E-state index in [9.17, 15) is 0 Å². The minimum absolute atomic E-state index is 0.576. The molecule has 1 aromatic heterocycles. The largest absolute Gasteiger partial charge is 0.326 e. The summed E-state index contributed by atoms with van der Waals surface area (Å²) in [4.78, 5) is 4.76. The fraction of sp³-hybridized carbons (Fsp3) is 0.167. The Kier molecular flexibility index (Phi) is 4.13. The summed E-state index contributed by atoms with van der Waals surface area (Å²) in [5.74, 6) is 0. The van der Waals surface area contributed by atoms with Crippen LogP contribution >= 0.6 is 11.3 Å². The highest BCUT2D eigenvalue weighted by Gasteiger charge is 2.08. The van der Waals surface area contributed by atoms with Gasteiger partial charge in [0.15, 0.2) is 0 Å². The van der Waals surface area contributed by atoms with Gasteiger partial charge < -0.3 is 5.73 Å². The van der Waals surface area contributed by atoms with Crippen LogP contribution in [0, 0.1) is 6.92 Å². The summed E-state index contributed by atoms with van der Waals surface area (Å²) in [6.45, 7) is 2.69. The van der Waals surface area contributed by atoms with Gasteiger partial charge in [0.25, 0.3) is 0 Å². The normalized spacial score (nSPS) is 10.8. The zero-order chi connectivity index (χ0) is 14.7. The van der Waals surface area contributed by atoms with Crippen molar-refractivity contribution in [2.24, 2.45) is 5.73 Å². The standard InChI is InChI=1S/C18H18N2S/c1-13-7-8-15(11-19)16(9-13)10-18-20-17(12-21-18)14-5-3-2-4-6-14/h2-9,12H,10-11,19H2,1H3. The van der Waals surface area contributed by atoms with Gasteiger partial charge in [0.2, 0.25) is 0 Å². The Morgan fingerprint density at radius 3 is 2.62 bits per heavy atom. The van der Waals surface area contributed by atoms with Crippen molar-refractivity contribution >= 4 is 11.3 Å². The van der Waals surface area contributed by atoms with Gasteiger partial charge in [-0.25, -0.2) is 4.98 Å². The minimum Gasteiger partial charge on any atom is -0.326 e. The molecule has 2 N–H and O–H groups in total. The van der Waals surface area contributed by atoms with E-state index >= 15 is 0 Å². The van der Waals surface area contributed by atoms with Crippen molar-refractivity contribution in [3.8, 4) is 11.3 Å². The van der Waals surface area contributed by atoms with E-state index < -0.39 is 0 Å². The van der Waals surface area contributed by atoms with E-state index in [1.165, 1.54) is 22.3 Å². The summed E-state index contributed by atoms with van der Waals surface area (Å²) >= 11 is 1.71. The Hall–Kier alpha value is -1.97. The highest BCUT2D eigenvalue weighted by atomic mass is 32.1. The molecule has 0 spiro atoms. The molecule has 2 aromatic carbocycles. The predicted molar refractivity (Wildman–Crippen MR) is 89.4 cm³/mol. The third-order valence-corrected chi connectivity index (χ3v) is 4.39. The molecule has 0 fully saturated rings. The fourth-order valence-electron chi connectivity index (χ4n) is 2.41. The van der Waals surface area contributed by atoms with Crippen LogP contribution in [0.4, 0.5) is 0 Å². The van der Waals surface area contributed by atoms with E-state index in [4.69, 9.17) is 10.7 Å². The molecule has 3 heteroatoms. The molecule has 0 atom stereocenters. The Bertz CT molecular complexity index is 732. The number of hydrogen-bond donors (Lipinski definition) is 1. The van der Waals surface area contributed by atoms with Gasteiger partial charge in [0.05, 0.1) is 10.7 Å². The highest BCUT2D eigenvalue weighted by Crippen LogP contribution is 2.24. The zero-order valence-electron chi connectivity index (χ0n) is 12.0. The molecule has 0 saturated heterocycles. The van der Waals surface area contributed by atoms with Crippen molar-refractivity contribution in [1.82, 2.24) is 4.98 Å². The number of aromatic nitrogens is 1. The monoisotopic (exact) mass is 294 g/mol. The first kappa shape index (κ1) is 14.0. The fourth-order valence-corrected chi connectivity index (χ4v) is 3.24. The molecule has 0 radical (unpaired) electrons. The molecule has 106 valence electrons. The second kappa shape index (κ2) is 6.20. The SMILES string of the molecule is Cc1ccc(CN)c(Cc2nc(-c3ccccc3)cs2)c1. The highest BCUT2D eigenvalue weighted by molar-refractivity contribution is 7.10. The molecule has 3 aromatic rings. The number of nitrogens with zero attached hydrogens (tertiary/aromatic N) is 1. The molecular formula is C18H18N2S. The molecule has 0 aliphatic rings. The summed E-state index contributed by atoms with van der Waals surface area (Å²) < 4.78 is 0. The Morgan fingerprint density at radius 2 is 1.86 bits per heavy atom. The maximum atomic E-state index is 5.83. The average Bonchev–Trinajstić information content (AvgIpc) is 2.97. The first-order chi connectivity index (χ1) is 10.3. The second-order valence-corrected chi connectivity index (χ2v) is 6.09. The first-order valence-electron chi connectivity index (χ1n) is 7.04. The van der Waals surface area contributed by atoms with Crippen LogP contribution in [0.25, 0.3) is 11.3 Å². The maximum Gasteiger partial charge on any atom is 0.0976 e. The molecular weight excluding hydrogens is 276 g/mol. The van der Waals surface area contributed by atoms with E-state index in [0.29, 0.717) is 6.54 Å². The van der Waals surface area contributed by atoms with Gasteiger partial charge in [-0.1, -0.05) is 54.1 Å². The molecule has 0 saturated carbocycles. The van der Waals surface area contributed by atoms with Crippen LogP contribution in [0.2, 0.25) is 0 Å². The lowest BCUT2D eigenvalue weighted by Crippen LogP contribution is -2.02. The van der Waals surface area contributed by atoms with Crippen LogP contribution in [0.5, 0.6) is 0 Å². The van der Waals surface area contributed by atoms with Crippen LogP contribution in [0.1, 0.15) is 21.7 Å². The van der Waals surface area contributed by atoms with Crippen molar-refractivity contribution in [2.45, 2.75) is 19.9 Å². The summed E-state index contributed by atoms with van der Waals surface area (Å²) in [7, 11) is 0. The maximum absolute atomic E-state index is 5.83. The van der Waals surface area contributed by atoms with Crippen molar-refractivity contribution in [2.75, 3.05) is 0 Å². The number of rotatable bonds is 4. The zero-order valence-corrected chi connectivity index (χ0v) is 12.9. The average molecular weight is 294 g/mol. The summed E-state index contributed by atoms with van der Waals surface area (Å²) in [6, 6.07) is 16.7. The van der Waals surface area contributed by atoms with Gasteiger partial charge in [-0.3, -0.25) is 0 Å². The van der Waals surface area contributed by atoms with Gasteiger partial charge in [-0.05, 0) is 18.1 Å². The summed E-state index contributed by atoms with van der Waals surface area (Å²) in [5.41, 5.74) is 11.8. The Labute approximate surface area is 129 Å². The van der Waals surface area contributed by atoms with Crippen molar-refractivity contribution in [1.29, 1.82) is 0 Å². The molecule has 21 heavy (non-hydrogen) atoms. The van der Waals surface area contributed by atoms with E-state index in [1.807, 2.05) is 18.2 Å². The Balaban J connectivity index is 1.87. The molecule has 3 rings (SSSR count). The number of aryl methyl sites for hydroxylation is 1. The smallest absolute Gasteiger partial charge is 0.0976 e. The van der Waals surface area contributed by atoms with Gasteiger partial charge in [0, 0.05) is 23.9 Å². The van der Waals surface area contributed by atoms with Crippen LogP contribution in [-0.4, -0.2) is 4.98 Å². The van der Waals surface area contributed by atoms with E-state index in [-0.39, 0.29) is 0 Å². The van der Waals surface area contributed by atoms with E-state index in [0.717, 1.165) is 17.1 Å². The van der Waals surface area contributed by atoms with Gasteiger partial charge >= 0.3 is 0 Å². The Morgan fingerprint density at radius 1 is 1.05 bits per heavy atom. The second-order valence-electron chi connectivity index (χ2n) is 5.15. The third-order valence-electron chi connectivity index (χ3n) is 3.54. The van der Waals surface area contributed by atoms with Crippen LogP contribution in [0.3, 0.4) is 0 Å². The number of benzene rings is 2. The van der Waals surface area contributed by atoms with Crippen molar-refractivity contribution in [3.05, 3.63) is 75.6 Å². The van der Waals surface area contributed by atoms with E-state index in [1.54, 1.807) is 11.3 Å². The van der Waals surface area contributed by atoms with Gasteiger partial charge in [-0.15, -0.1) is 11.3 Å². The molecule has 2 nitrogen and oxygen atoms in total. The summed E-state index contributed by atoms with van der Waals surface area (Å²) in [6.07, 6.45) is 0.853. The quantitative estimate of drug-likeness (QED) is 0.784. The summed E-state index contributed by atoms with van der Waals surface area (Å²) in [5, 5.41) is 3.26. The van der Waals surface area contributed by atoms with Gasteiger partial charge in [0.1, 0.15) is 0 Å². The van der Waals surface area contributed by atoms with Crippen molar-refractivity contribution < 1.29 is 0 Å². The number of thiazole rings is 1. The third kappa shape index (κ3) is 3.20. The molecule has 0 bridgehead atoms. The molecule has 0 unspecified atom stereocenters. The number of nitrogens with two attached hydrogens (primary N) is 1. The minimum atomic E-state index is 0.576. The van der Waals surface area contributed by atoms with Crippen molar-refractivity contribution in [3.63, 3.8) is 0 Å². The first-order valence-corrected chi connectivity index (χ1v) is 7.92. The lowest BCUT2D eigenvalue weighted by atomic mass is 10.0. The van der Waals surface area contributed by atoms with Gasteiger partial charge in [-0.2, -0.15) is 0 Å². The molecule has 0 aliphatic carbocycles.